The van der Waals surface area contributed by atoms with Crippen LogP contribution in [0.15, 0.2) is 17.6 Å². The van der Waals surface area contributed by atoms with Crippen molar-refractivity contribution in [3.05, 3.63) is 34.6 Å². The number of nitrogens with one attached hydrogen (secondary N) is 1. The third-order valence-electron chi connectivity index (χ3n) is 4.09. The Morgan fingerprint density at radius 2 is 2.13 bits per heavy atom. The minimum atomic E-state index is -0.671. The maximum absolute atomic E-state index is 12.6. The number of carbonyl (C=O) groups excluding carboxylic acids is 2. The molecule has 23 heavy (non-hydrogen) atoms. The van der Waals surface area contributed by atoms with Crippen molar-refractivity contribution in [3.63, 3.8) is 0 Å². The third kappa shape index (κ3) is 3.44. The van der Waals surface area contributed by atoms with E-state index in [1.54, 1.807) is 12.3 Å². The van der Waals surface area contributed by atoms with E-state index in [1.807, 2.05) is 37.6 Å². The monoisotopic (exact) mass is 334 g/mol. The van der Waals surface area contributed by atoms with Crippen LogP contribution in [0.2, 0.25) is 0 Å². The van der Waals surface area contributed by atoms with E-state index in [-0.39, 0.29) is 11.8 Å². The standard InChI is InChI=1S/C16H22N4O2S/c1-5-9(2)13(14(17)21)19-15(22)12-8-10(3)20(11(12)4)16-18-6-7-23-16/h6-9,13H,5H2,1-4H3,(H2,17,21)(H,19,22). The van der Waals surface area contributed by atoms with Gasteiger partial charge in [-0.25, -0.2) is 4.98 Å². The van der Waals surface area contributed by atoms with E-state index in [4.69, 9.17) is 5.73 Å². The molecule has 7 heteroatoms. The van der Waals surface area contributed by atoms with E-state index in [1.165, 1.54) is 11.3 Å². The van der Waals surface area contributed by atoms with Gasteiger partial charge in [0.05, 0.1) is 5.56 Å². The summed E-state index contributed by atoms with van der Waals surface area (Å²) in [5, 5.41) is 5.47. The zero-order chi connectivity index (χ0) is 17.1. The highest BCUT2D eigenvalue weighted by Crippen LogP contribution is 2.22. The number of rotatable bonds is 6. The molecule has 0 bridgehead atoms. The Morgan fingerprint density at radius 1 is 1.43 bits per heavy atom. The lowest BCUT2D eigenvalue weighted by Crippen LogP contribution is -2.48. The lowest BCUT2D eigenvalue weighted by atomic mass is 9.98. The molecule has 0 aliphatic heterocycles. The third-order valence-corrected chi connectivity index (χ3v) is 4.85. The second kappa shape index (κ2) is 6.95. The maximum Gasteiger partial charge on any atom is 0.253 e. The number of nitrogens with two attached hydrogens (primary N) is 1. The number of thiazole rings is 1. The number of amides is 2. The summed E-state index contributed by atoms with van der Waals surface area (Å²) in [7, 11) is 0. The molecule has 124 valence electrons. The maximum atomic E-state index is 12.6. The second-order valence-electron chi connectivity index (χ2n) is 5.67. The van der Waals surface area contributed by atoms with E-state index in [0.717, 1.165) is 22.9 Å². The summed E-state index contributed by atoms with van der Waals surface area (Å²) in [5.41, 5.74) is 7.67. The van der Waals surface area contributed by atoms with Crippen LogP contribution in [0.3, 0.4) is 0 Å². The number of aromatic nitrogens is 2. The number of primary amides is 1. The molecular weight excluding hydrogens is 312 g/mol. The van der Waals surface area contributed by atoms with Gasteiger partial charge < -0.3 is 11.1 Å². The van der Waals surface area contributed by atoms with Crippen LogP contribution in [-0.4, -0.2) is 27.4 Å². The Balaban J connectivity index is 2.30. The Hall–Kier alpha value is -2.15. The molecule has 6 nitrogen and oxygen atoms in total. The number of aryl methyl sites for hydroxylation is 1. The van der Waals surface area contributed by atoms with Crippen molar-refractivity contribution in [3.8, 4) is 5.13 Å². The van der Waals surface area contributed by atoms with Crippen molar-refractivity contribution in [1.82, 2.24) is 14.9 Å². The minimum absolute atomic E-state index is 0.0149. The van der Waals surface area contributed by atoms with Gasteiger partial charge in [-0.2, -0.15) is 0 Å². The van der Waals surface area contributed by atoms with Gasteiger partial charge in [-0.1, -0.05) is 20.3 Å². The molecule has 0 fully saturated rings. The van der Waals surface area contributed by atoms with Gasteiger partial charge in [0.2, 0.25) is 5.91 Å². The summed E-state index contributed by atoms with van der Waals surface area (Å²) in [6, 6.07) is 1.14. The van der Waals surface area contributed by atoms with E-state index in [2.05, 4.69) is 10.3 Å². The van der Waals surface area contributed by atoms with Crippen LogP contribution in [0.1, 0.15) is 42.0 Å². The summed E-state index contributed by atoms with van der Waals surface area (Å²) < 4.78 is 1.93. The number of hydrogen-bond donors (Lipinski definition) is 2. The molecule has 2 amide bonds. The number of hydrogen-bond acceptors (Lipinski definition) is 4. The predicted molar refractivity (Wildman–Crippen MR) is 90.8 cm³/mol. The lowest BCUT2D eigenvalue weighted by Gasteiger charge is -2.21. The topological polar surface area (TPSA) is 90.0 Å². The molecule has 0 aromatic carbocycles. The summed E-state index contributed by atoms with van der Waals surface area (Å²) in [4.78, 5) is 28.5. The van der Waals surface area contributed by atoms with Gasteiger partial charge in [0.15, 0.2) is 5.13 Å². The smallest absolute Gasteiger partial charge is 0.253 e. The molecule has 0 aliphatic carbocycles. The fourth-order valence-electron chi connectivity index (χ4n) is 2.56. The van der Waals surface area contributed by atoms with E-state index >= 15 is 0 Å². The van der Waals surface area contributed by atoms with Crippen LogP contribution in [-0.2, 0) is 4.79 Å². The quantitative estimate of drug-likeness (QED) is 0.848. The van der Waals surface area contributed by atoms with Crippen LogP contribution in [0.5, 0.6) is 0 Å². The first-order valence-electron chi connectivity index (χ1n) is 7.55. The normalized spacial score (nSPS) is 13.6. The van der Waals surface area contributed by atoms with Gasteiger partial charge >= 0.3 is 0 Å². The summed E-state index contributed by atoms with van der Waals surface area (Å²) in [6.45, 7) is 7.65. The van der Waals surface area contributed by atoms with Crippen molar-refractivity contribution < 1.29 is 9.59 Å². The Bertz CT molecular complexity index is 706. The molecule has 0 radical (unpaired) electrons. The summed E-state index contributed by atoms with van der Waals surface area (Å²) in [5.74, 6) is -0.815. The van der Waals surface area contributed by atoms with E-state index in [0.29, 0.717) is 5.56 Å². The van der Waals surface area contributed by atoms with Crippen LogP contribution >= 0.6 is 11.3 Å². The highest BCUT2D eigenvalue weighted by Gasteiger charge is 2.26. The van der Waals surface area contributed by atoms with Crippen molar-refractivity contribution in [2.24, 2.45) is 11.7 Å². The highest BCUT2D eigenvalue weighted by molar-refractivity contribution is 7.12. The van der Waals surface area contributed by atoms with E-state index < -0.39 is 11.9 Å². The zero-order valence-corrected chi connectivity index (χ0v) is 14.6. The van der Waals surface area contributed by atoms with Gasteiger partial charge in [0, 0.05) is 23.0 Å². The Kier molecular flexibility index (Phi) is 5.20. The molecule has 0 saturated carbocycles. The van der Waals surface area contributed by atoms with Gasteiger partial charge in [-0.3, -0.25) is 14.2 Å². The van der Waals surface area contributed by atoms with E-state index in [9.17, 15) is 9.59 Å². The second-order valence-corrected chi connectivity index (χ2v) is 6.55. The first kappa shape index (κ1) is 17.2. The van der Waals surface area contributed by atoms with Crippen LogP contribution in [0.4, 0.5) is 0 Å². The molecule has 0 spiro atoms. The summed E-state index contributed by atoms with van der Waals surface area (Å²) >= 11 is 1.50. The predicted octanol–water partition coefficient (Wildman–Crippen LogP) is 2.18. The summed E-state index contributed by atoms with van der Waals surface area (Å²) in [6.07, 6.45) is 2.48. The molecule has 2 aromatic rings. The molecule has 2 aromatic heterocycles. The minimum Gasteiger partial charge on any atom is -0.368 e. The SMILES string of the molecule is CCC(C)C(NC(=O)c1cc(C)n(-c2nccs2)c1C)C(N)=O. The average Bonchev–Trinajstić information content (AvgIpc) is 3.11. The van der Waals surface area contributed by atoms with Gasteiger partial charge in [0.25, 0.3) is 5.91 Å². The molecule has 2 rings (SSSR count). The molecular formula is C16H22N4O2S. The van der Waals surface area contributed by atoms with Crippen molar-refractivity contribution in [2.75, 3.05) is 0 Å². The molecule has 2 unspecified atom stereocenters. The first-order chi connectivity index (χ1) is 10.9. The average molecular weight is 334 g/mol. The first-order valence-corrected chi connectivity index (χ1v) is 8.43. The van der Waals surface area contributed by atoms with Crippen LogP contribution in [0.25, 0.3) is 5.13 Å². The fraction of sp³-hybridized carbons (Fsp3) is 0.438. The fourth-order valence-corrected chi connectivity index (χ4v) is 3.31. The molecule has 0 aliphatic rings. The molecule has 0 saturated heterocycles. The highest BCUT2D eigenvalue weighted by atomic mass is 32.1. The van der Waals surface area contributed by atoms with Gasteiger partial charge in [-0.15, -0.1) is 11.3 Å². The van der Waals surface area contributed by atoms with Gasteiger partial charge in [-0.05, 0) is 25.8 Å². The largest absolute Gasteiger partial charge is 0.368 e. The van der Waals surface area contributed by atoms with Crippen LogP contribution < -0.4 is 11.1 Å². The number of carbonyl (C=O) groups is 2. The van der Waals surface area contributed by atoms with Gasteiger partial charge in [0.1, 0.15) is 6.04 Å². The molecule has 2 atom stereocenters. The van der Waals surface area contributed by atoms with Crippen molar-refractivity contribution >= 4 is 23.2 Å². The Labute approximate surface area is 139 Å². The van der Waals surface area contributed by atoms with Crippen molar-refractivity contribution in [2.45, 2.75) is 40.2 Å². The van der Waals surface area contributed by atoms with Crippen molar-refractivity contribution in [1.29, 1.82) is 0 Å². The molecule has 2 heterocycles. The zero-order valence-electron chi connectivity index (χ0n) is 13.8. The molecule has 3 N–H and O–H groups in total. The Morgan fingerprint density at radius 3 is 2.65 bits per heavy atom. The number of nitrogens with zero attached hydrogens (tertiary/aromatic N) is 2. The lowest BCUT2D eigenvalue weighted by molar-refractivity contribution is -0.120. The van der Waals surface area contributed by atoms with Crippen LogP contribution in [0, 0.1) is 19.8 Å².